The van der Waals surface area contributed by atoms with Crippen LogP contribution in [0.4, 0.5) is 0 Å². The second-order valence-corrected chi connectivity index (χ2v) is 6.90. The van der Waals surface area contributed by atoms with Crippen molar-refractivity contribution in [2.45, 2.75) is 69.8 Å². The molecule has 0 rings (SSSR count). The molecule has 0 radical (unpaired) electrons. The summed E-state index contributed by atoms with van der Waals surface area (Å²) in [5, 5.41) is 34.1. The Balaban J connectivity index is 4.99. The highest BCUT2D eigenvalue weighted by molar-refractivity contribution is 5.94. The maximum atomic E-state index is 12.4. The maximum absolute atomic E-state index is 12.4. The summed E-state index contributed by atoms with van der Waals surface area (Å²) in [5.41, 5.74) is 10.5. The Bertz CT molecular complexity index is 697. The lowest BCUT2D eigenvalue weighted by molar-refractivity contribution is -0.143. The quantitative estimate of drug-likeness (QED) is 0.130. The highest BCUT2D eigenvalue weighted by atomic mass is 16.4. The van der Waals surface area contributed by atoms with E-state index in [-0.39, 0.29) is 25.7 Å². The molecule has 0 aliphatic rings. The second-order valence-electron chi connectivity index (χ2n) is 6.90. The molecule has 176 valence electrons. The molecule has 0 saturated carbocycles. The first-order valence-electron chi connectivity index (χ1n) is 9.33. The Morgan fingerprint density at radius 3 is 1.87 bits per heavy atom. The molecule has 5 atom stereocenters. The molecule has 31 heavy (non-hydrogen) atoms. The summed E-state index contributed by atoms with van der Waals surface area (Å²) in [4.78, 5) is 69.2. The Morgan fingerprint density at radius 2 is 1.42 bits per heavy atom. The molecule has 0 heterocycles. The molecule has 0 fully saturated rings. The van der Waals surface area contributed by atoms with E-state index >= 15 is 0 Å². The summed E-state index contributed by atoms with van der Waals surface area (Å²) < 4.78 is 0. The van der Waals surface area contributed by atoms with Gasteiger partial charge in [-0.25, -0.2) is 4.79 Å². The van der Waals surface area contributed by atoms with Gasteiger partial charge in [-0.05, 0) is 26.7 Å². The zero-order valence-corrected chi connectivity index (χ0v) is 17.2. The van der Waals surface area contributed by atoms with Crippen molar-refractivity contribution in [1.82, 2.24) is 16.0 Å². The van der Waals surface area contributed by atoms with Crippen molar-refractivity contribution in [2.75, 3.05) is 0 Å². The van der Waals surface area contributed by atoms with Crippen molar-refractivity contribution in [3.05, 3.63) is 0 Å². The van der Waals surface area contributed by atoms with Gasteiger partial charge in [0.2, 0.25) is 23.6 Å². The van der Waals surface area contributed by atoms with Gasteiger partial charge >= 0.3 is 11.9 Å². The lowest BCUT2D eigenvalue weighted by Crippen LogP contribution is -2.59. The predicted molar refractivity (Wildman–Crippen MR) is 104 cm³/mol. The molecule has 0 aromatic carbocycles. The minimum atomic E-state index is -1.57. The number of carboxylic acids is 2. The number of nitrogens with two attached hydrogens (primary N) is 2. The lowest BCUT2D eigenvalue weighted by Gasteiger charge is -2.25. The Kier molecular flexibility index (Phi) is 11.7. The monoisotopic (exact) mass is 447 g/mol. The van der Waals surface area contributed by atoms with Gasteiger partial charge in [-0.1, -0.05) is 0 Å². The van der Waals surface area contributed by atoms with E-state index in [1.165, 1.54) is 13.8 Å². The van der Waals surface area contributed by atoms with Crippen LogP contribution < -0.4 is 27.4 Å². The fourth-order valence-corrected chi connectivity index (χ4v) is 2.29. The Hall–Kier alpha value is -3.26. The average molecular weight is 447 g/mol. The molecule has 10 N–H and O–H groups in total. The van der Waals surface area contributed by atoms with Crippen LogP contribution in [0, 0.1) is 0 Å². The Morgan fingerprint density at radius 1 is 0.839 bits per heavy atom. The van der Waals surface area contributed by atoms with Crippen LogP contribution >= 0.6 is 0 Å². The number of aliphatic carboxylic acids is 2. The predicted octanol–water partition coefficient (Wildman–Crippen LogP) is -3.62. The number of nitrogens with one attached hydrogen (secondary N) is 3. The van der Waals surface area contributed by atoms with Gasteiger partial charge in [0.15, 0.2) is 0 Å². The van der Waals surface area contributed by atoms with Crippen LogP contribution in [0.25, 0.3) is 0 Å². The minimum absolute atomic E-state index is 0.157. The number of carbonyl (C=O) groups excluding carboxylic acids is 4. The van der Waals surface area contributed by atoms with E-state index in [1.807, 2.05) is 0 Å². The third-order valence-electron chi connectivity index (χ3n) is 4.11. The molecule has 0 aliphatic carbocycles. The molecule has 0 aromatic rings. The third kappa shape index (κ3) is 10.9. The van der Waals surface area contributed by atoms with Crippen LogP contribution in [0.1, 0.15) is 39.5 Å². The molecule has 14 nitrogen and oxygen atoms in total. The molecule has 0 aromatic heterocycles. The first-order valence-corrected chi connectivity index (χ1v) is 9.33. The van der Waals surface area contributed by atoms with Gasteiger partial charge in [-0.2, -0.15) is 0 Å². The fourth-order valence-electron chi connectivity index (χ4n) is 2.29. The van der Waals surface area contributed by atoms with Crippen molar-refractivity contribution in [1.29, 1.82) is 0 Å². The van der Waals surface area contributed by atoms with Crippen molar-refractivity contribution in [3.8, 4) is 0 Å². The maximum Gasteiger partial charge on any atom is 0.326 e. The number of amides is 4. The van der Waals surface area contributed by atoms with E-state index in [2.05, 4.69) is 16.0 Å². The average Bonchev–Trinajstić information content (AvgIpc) is 2.65. The molecule has 14 heteroatoms. The summed E-state index contributed by atoms with van der Waals surface area (Å²) in [5.74, 6) is -6.07. The number of carboxylic acid groups (broad SMARTS) is 2. The largest absolute Gasteiger partial charge is 0.481 e. The number of rotatable bonds is 14. The number of aliphatic hydroxyl groups excluding tert-OH is 1. The summed E-state index contributed by atoms with van der Waals surface area (Å²) >= 11 is 0. The zero-order valence-electron chi connectivity index (χ0n) is 17.2. The van der Waals surface area contributed by atoms with Gasteiger partial charge in [0.25, 0.3) is 0 Å². The number of aliphatic hydroxyl groups is 1. The normalized spacial score (nSPS) is 15.5. The fraction of sp³-hybridized carbons (Fsp3) is 0.647. The topological polar surface area (TPSA) is 251 Å². The van der Waals surface area contributed by atoms with Crippen LogP contribution in [0.5, 0.6) is 0 Å². The molecule has 5 unspecified atom stereocenters. The first-order chi connectivity index (χ1) is 14.3. The van der Waals surface area contributed by atoms with Crippen LogP contribution in [-0.2, 0) is 28.8 Å². The Labute approximate surface area is 177 Å². The van der Waals surface area contributed by atoms with E-state index in [1.54, 1.807) is 0 Å². The SMILES string of the molecule is CC(NC(=O)C(N)CCC(=O)O)C(=O)NC(C(=O)NC(CCC(N)=O)C(=O)O)C(C)O. The van der Waals surface area contributed by atoms with Crippen LogP contribution in [-0.4, -0.2) is 81.2 Å². The van der Waals surface area contributed by atoms with Crippen LogP contribution in [0.15, 0.2) is 0 Å². The highest BCUT2D eigenvalue weighted by Crippen LogP contribution is 2.02. The summed E-state index contributed by atoms with van der Waals surface area (Å²) in [6.07, 6.45) is -2.54. The highest BCUT2D eigenvalue weighted by Gasteiger charge is 2.31. The summed E-state index contributed by atoms with van der Waals surface area (Å²) in [6.45, 7) is 2.44. The zero-order chi connectivity index (χ0) is 24.3. The minimum Gasteiger partial charge on any atom is -0.481 e. The molecule has 4 amide bonds. The summed E-state index contributed by atoms with van der Waals surface area (Å²) in [7, 11) is 0. The second kappa shape index (κ2) is 13.1. The van der Waals surface area contributed by atoms with Gasteiger partial charge < -0.3 is 42.7 Å². The number of hydrogen-bond acceptors (Lipinski definition) is 8. The van der Waals surface area contributed by atoms with E-state index in [9.17, 15) is 33.9 Å². The van der Waals surface area contributed by atoms with Gasteiger partial charge in [0.05, 0.1) is 12.1 Å². The molecule has 0 saturated heterocycles. The number of primary amides is 1. The van der Waals surface area contributed by atoms with E-state index in [4.69, 9.17) is 21.7 Å². The standard InChI is InChI=1S/C17H29N5O9/c1-7(20-15(28)9(18)3-6-12(25)26)14(27)22-13(8(2)23)16(29)21-10(17(30)31)4-5-11(19)24/h7-10,13,23H,3-6,18H2,1-2H3,(H2,19,24)(H,20,28)(H,21,29)(H,22,27)(H,25,26)(H,30,31). The van der Waals surface area contributed by atoms with Crippen LogP contribution in [0.3, 0.4) is 0 Å². The van der Waals surface area contributed by atoms with Crippen molar-refractivity contribution in [3.63, 3.8) is 0 Å². The molecule has 0 spiro atoms. The molecule has 0 bridgehead atoms. The molecular formula is C17H29N5O9. The lowest BCUT2D eigenvalue weighted by atomic mass is 10.1. The van der Waals surface area contributed by atoms with Gasteiger partial charge in [0, 0.05) is 12.8 Å². The van der Waals surface area contributed by atoms with Crippen molar-refractivity contribution >= 4 is 35.6 Å². The number of carbonyl (C=O) groups is 6. The van der Waals surface area contributed by atoms with Gasteiger partial charge in [-0.3, -0.25) is 24.0 Å². The first kappa shape index (κ1) is 27.7. The number of hydrogen-bond donors (Lipinski definition) is 8. The summed E-state index contributed by atoms with van der Waals surface area (Å²) in [6, 6.07) is -5.43. The smallest absolute Gasteiger partial charge is 0.326 e. The van der Waals surface area contributed by atoms with E-state index < -0.39 is 65.8 Å². The van der Waals surface area contributed by atoms with E-state index in [0.717, 1.165) is 0 Å². The van der Waals surface area contributed by atoms with Gasteiger partial charge in [-0.15, -0.1) is 0 Å². The van der Waals surface area contributed by atoms with Crippen LogP contribution in [0.2, 0.25) is 0 Å². The van der Waals surface area contributed by atoms with Crippen molar-refractivity contribution in [2.24, 2.45) is 11.5 Å². The van der Waals surface area contributed by atoms with E-state index in [0.29, 0.717) is 0 Å². The van der Waals surface area contributed by atoms with Crippen molar-refractivity contribution < 1.29 is 44.1 Å². The molecular weight excluding hydrogens is 418 g/mol. The van der Waals surface area contributed by atoms with Gasteiger partial charge in [0.1, 0.15) is 18.1 Å². The third-order valence-corrected chi connectivity index (χ3v) is 4.11. The molecule has 0 aliphatic heterocycles.